The molecule has 0 spiro atoms. The van der Waals surface area contributed by atoms with E-state index in [0.29, 0.717) is 7.92 Å². The minimum Gasteiger partial charge on any atom is -0.103 e. The molecule has 0 aliphatic carbocycles. The second-order valence-electron chi connectivity index (χ2n) is 2.65. The molecule has 0 radical (unpaired) electrons. The molecule has 1 aliphatic heterocycles. The van der Waals surface area contributed by atoms with Crippen LogP contribution in [0.3, 0.4) is 0 Å². The first-order valence-corrected chi connectivity index (χ1v) is 5.66. The van der Waals surface area contributed by atoms with E-state index in [1.165, 1.54) is 37.7 Å². The predicted molar refractivity (Wildman–Crippen MR) is 45.6 cm³/mol. The lowest BCUT2D eigenvalue weighted by Gasteiger charge is -2.20. The van der Waals surface area contributed by atoms with E-state index >= 15 is 0 Å². The van der Waals surface area contributed by atoms with Crippen molar-refractivity contribution in [2.45, 2.75) is 19.3 Å². The van der Waals surface area contributed by atoms with Crippen LogP contribution >= 0.6 is 7.92 Å². The van der Waals surface area contributed by atoms with Crippen LogP contribution in [-0.4, -0.2) is 18.5 Å². The maximum absolute atomic E-state index is 3.77. The fourth-order valence-electron chi connectivity index (χ4n) is 1.32. The largest absolute Gasteiger partial charge is 0.103 e. The highest BCUT2D eigenvalue weighted by atomic mass is 31.1. The Morgan fingerprint density at radius 3 is 2.44 bits per heavy atom. The first kappa shape index (κ1) is 7.28. The van der Waals surface area contributed by atoms with Crippen LogP contribution in [-0.2, 0) is 0 Å². The van der Waals surface area contributed by atoms with Gasteiger partial charge in [-0.1, -0.05) is 12.5 Å². The second-order valence-corrected chi connectivity index (χ2v) is 5.25. The van der Waals surface area contributed by atoms with Gasteiger partial charge in [0.15, 0.2) is 0 Å². The standard InChI is InChI=1S/C8H15P/c1-2-6-9-7-4-3-5-8-9/h2H,1,3-8H2. The van der Waals surface area contributed by atoms with E-state index in [0.717, 1.165) is 0 Å². The molecule has 1 aliphatic rings. The smallest absolute Gasteiger partial charge is 0.0147 e. The number of allylic oxidation sites excluding steroid dienone is 1. The topological polar surface area (TPSA) is 0 Å². The zero-order valence-electron chi connectivity index (χ0n) is 5.97. The molecule has 0 aromatic heterocycles. The highest BCUT2D eigenvalue weighted by Gasteiger charge is 2.09. The van der Waals surface area contributed by atoms with Gasteiger partial charge in [-0.2, -0.15) is 0 Å². The van der Waals surface area contributed by atoms with Crippen LogP contribution in [0.5, 0.6) is 0 Å². The molecule has 0 bridgehead atoms. The Morgan fingerprint density at radius 2 is 1.89 bits per heavy atom. The van der Waals surface area contributed by atoms with E-state index in [9.17, 15) is 0 Å². The van der Waals surface area contributed by atoms with Crippen LogP contribution in [0.25, 0.3) is 0 Å². The molecule has 0 unspecified atom stereocenters. The Balaban J connectivity index is 2.15. The molecule has 52 valence electrons. The Bertz CT molecular complexity index is 82.6. The lowest BCUT2D eigenvalue weighted by molar-refractivity contribution is 0.752. The predicted octanol–water partition coefficient (Wildman–Crippen LogP) is 2.84. The summed E-state index contributed by atoms with van der Waals surface area (Å²) in [5, 5.41) is 0. The fourth-order valence-corrected chi connectivity index (χ4v) is 3.62. The maximum atomic E-state index is 3.77. The third-order valence-electron chi connectivity index (χ3n) is 1.84. The summed E-state index contributed by atoms with van der Waals surface area (Å²) in [5.41, 5.74) is 0. The summed E-state index contributed by atoms with van der Waals surface area (Å²) in [6.07, 6.45) is 10.9. The molecule has 0 aromatic carbocycles. The van der Waals surface area contributed by atoms with Gasteiger partial charge in [0.2, 0.25) is 0 Å². The van der Waals surface area contributed by atoms with Crippen LogP contribution in [0.1, 0.15) is 19.3 Å². The lowest BCUT2D eigenvalue weighted by Crippen LogP contribution is -2.00. The summed E-state index contributed by atoms with van der Waals surface area (Å²) < 4.78 is 0. The van der Waals surface area contributed by atoms with E-state index in [4.69, 9.17) is 0 Å². The molecule has 1 rings (SSSR count). The quantitative estimate of drug-likeness (QED) is 0.411. The third-order valence-corrected chi connectivity index (χ3v) is 4.51. The van der Waals surface area contributed by atoms with Crippen molar-refractivity contribution in [1.82, 2.24) is 0 Å². The van der Waals surface area contributed by atoms with Gasteiger partial charge in [0.1, 0.15) is 0 Å². The van der Waals surface area contributed by atoms with Crippen molar-refractivity contribution in [1.29, 1.82) is 0 Å². The van der Waals surface area contributed by atoms with Crippen LogP contribution in [0, 0.1) is 0 Å². The molecule has 9 heavy (non-hydrogen) atoms. The van der Waals surface area contributed by atoms with E-state index < -0.39 is 0 Å². The molecule has 0 aromatic rings. The van der Waals surface area contributed by atoms with E-state index in [1.807, 2.05) is 0 Å². The van der Waals surface area contributed by atoms with Crippen LogP contribution in [0.4, 0.5) is 0 Å². The molecule has 0 atom stereocenters. The number of rotatable bonds is 2. The molecule has 1 heterocycles. The molecule has 0 amide bonds. The third kappa shape index (κ3) is 2.49. The Labute approximate surface area is 59.1 Å². The van der Waals surface area contributed by atoms with Gasteiger partial charge in [-0.15, -0.1) is 14.5 Å². The molecular formula is C8H15P. The van der Waals surface area contributed by atoms with Gasteiger partial charge < -0.3 is 0 Å². The SMILES string of the molecule is C=CCP1CCCCC1. The zero-order valence-corrected chi connectivity index (χ0v) is 6.87. The first-order valence-electron chi connectivity index (χ1n) is 3.77. The summed E-state index contributed by atoms with van der Waals surface area (Å²) >= 11 is 0. The number of hydrogen-bond donors (Lipinski definition) is 0. The fraction of sp³-hybridized carbons (Fsp3) is 0.750. The van der Waals surface area contributed by atoms with Gasteiger partial charge in [-0.05, 0) is 31.3 Å². The highest BCUT2D eigenvalue weighted by Crippen LogP contribution is 2.41. The second kappa shape index (κ2) is 4.06. The Morgan fingerprint density at radius 1 is 1.22 bits per heavy atom. The van der Waals surface area contributed by atoms with Gasteiger partial charge in [0.05, 0.1) is 0 Å². The lowest BCUT2D eigenvalue weighted by atomic mass is 10.3. The number of hydrogen-bond acceptors (Lipinski definition) is 0. The van der Waals surface area contributed by atoms with Crippen molar-refractivity contribution in [3.05, 3.63) is 12.7 Å². The summed E-state index contributed by atoms with van der Waals surface area (Å²) in [6.45, 7) is 3.77. The Kier molecular flexibility index (Phi) is 3.28. The molecule has 0 N–H and O–H groups in total. The summed E-state index contributed by atoms with van der Waals surface area (Å²) in [5.74, 6) is 0. The van der Waals surface area contributed by atoms with Crippen LogP contribution in [0.2, 0.25) is 0 Å². The molecule has 0 nitrogen and oxygen atoms in total. The monoisotopic (exact) mass is 142 g/mol. The maximum Gasteiger partial charge on any atom is -0.0147 e. The average molecular weight is 142 g/mol. The van der Waals surface area contributed by atoms with Crippen LogP contribution < -0.4 is 0 Å². The first-order chi connectivity index (χ1) is 4.43. The van der Waals surface area contributed by atoms with E-state index in [1.54, 1.807) is 0 Å². The molecule has 1 saturated heterocycles. The highest BCUT2D eigenvalue weighted by molar-refractivity contribution is 7.57. The van der Waals surface area contributed by atoms with Gasteiger partial charge in [-0.3, -0.25) is 0 Å². The van der Waals surface area contributed by atoms with E-state index in [-0.39, 0.29) is 0 Å². The van der Waals surface area contributed by atoms with Crippen molar-refractivity contribution in [3.8, 4) is 0 Å². The minimum atomic E-state index is 0.410. The van der Waals surface area contributed by atoms with Gasteiger partial charge in [-0.25, -0.2) is 0 Å². The summed E-state index contributed by atoms with van der Waals surface area (Å²) in [7, 11) is 0.410. The van der Waals surface area contributed by atoms with Crippen molar-refractivity contribution in [2.24, 2.45) is 0 Å². The van der Waals surface area contributed by atoms with Crippen molar-refractivity contribution < 1.29 is 0 Å². The molecular weight excluding hydrogens is 127 g/mol. The summed E-state index contributed by atoms with van der Waals surface area (Å²) in [6, 6.07) is 0. The van der Waals surface area contributed by atoms with Crippen molar-refractivity contribution >= 4 is 7.92 Å². The molecule has 1 fully saturated rings. The summed E-state index contributed by atoms with van der Waals surface area (Å²) in [4.78, 5) is 0. The normalized spacial score (nSPS) is 21.8. The van der Waals surface area contributed by atoms with Crippen molar-refractivity contribution in [2.75, 3.05) is 18.5 Å². The van der Waals surface area contributed by atoms with Gasteiger partial charge in [0, 0.05) is 0 Å². The van der Waals surface area contributed by atoms with E-state index in [2.05, 4.69) is 12.7 Å². The zero-order chi connectivity index (χ0) is 6.53. The minimum absolute atomic E-state index is 0.410. The Hall–Kier alpha value is 0.170. The van der Waals surface area contributed by atoms with Crippen LogP contribution in [0.15, 0.2) is 12.7 Å². The van der Waals surface area contributed by atoms with Gasteiger partial charge >= 0.3 is 0 Å². The molecule has 0 saturated carbocycles. The van der Waals surface area contributed by atoms with Gasteiger partial charge in [0.25, 0.3) is 0 Å². The molecule has 1 heteroatoms. The van der Waals surface area contributed by atoms with Crippen molar-refractivity contribution in [3.63, 3.8) is 0 Å². The average Bonchev–Trinajstić information content (AvgIpc) is 1.91.